The molecule has 17 atom stereocenters. The Morgan fingerprint density at radius 1 is 0.519 bits per heavy atom. The average molecular weight is 1930 g/mol. The summed E-state index contributed by atoms with van der Waals surface area (Å²) in [6.45, 7) is 20.9. The third kappa shape index (κ3) is 39.4. The molecule has 45 heteroatoms. The van der Waals surface area contributed by atoms with Gasteiger partial charge in [-0.1, -0.05) is 108 Å². The lowest BCUT2D eigenvalue weighted by Crippen LogP contribution is -2.62. The number of thioether (sulfide) groups is 1. The minimum Gasteiger partial charge on any atom is -0.480 e. The van der Waals surface area contributed by atoms with Crippen LogP contribution in [0.3, 0.4) is 0 Å². The number of aromatic amines is 2. The molecular formula is C88H144N22O20S3. The molecule has 2 aromatic heterocycles. The lowest BCUT2D eigenvalue weighted by atomic mass is 9.95. The molecule has 0 unspecified atom stereocenters. The van der Waals surface area contributed by atoms with Crippen LogP contribution in [0, 0.1) is 35.5 Å². The van der Waals surface area contributed by atoms with Gasteiger partial charge in [0.05, 0.1) is 25.5 Å². The van der Waals surface area contributed by atoms with Crippen molar-refractivity contribution in [3.63, 3.8) is 0 Å². The summed E-state index contributed by atoms with van der Waals surface area (Å²) in [5.74, 6) is -17.4. The normalized spacial score (nSPS) is 16.2. The van der Waals surface area contributed by atoms with Gasteiger partial charge in [0.15, 0.2) is 0 Å². The van der Waals surface area contributed by atoms with Crippen LogP contribution >= 0.6 is 37.0 Å². The molecule has 133 heavy (non-hydrogen) atoms. The number of carbonyl (C=O) groups is 18. The maximum Gasteiger partial charge on any atom is 0.326 e. The lowest BCUT2D eigenvalue weighted by Gasteiger charge is -2.31. The number of amides is 17. The number of para-hydroxylation sites is 1. The van der Waals surface area contributed by atoms with E-state index in [0.29, 0.717) is 53.6 Å². The topological polar surface area (TPSA) is 654 Å². The predicted octanol–water partition coefficient (Wildman–Crippen LogP) is -1.72. The Morgan fingerprint density at radius 3 is 1.51 bits per heavy atom. The Hall–Kier alpha value is -10.6. The van der Waals surface area contributed by atoms with Crippen LogP contribution in [0.15, 0.2) is 43.0 Å². The number of hydrogen-bond acceptors (Lipinski definition) is 25. The second-order valence-corrected chi connectivity index (χ2v) is 37.6. The Bertz CT molecular complexity index is 4370. The van der Waals surface area contributed by atoms with Crippen molar-refractivity contribution in [1.29, 1.82) is 0 Å². The van der Waals surface area contributed by atoms with Crippen LogP contribution in [0.5, 0.6) is 0 Å². The molecule has 3 aromatic rings. The van der Waals surface area contributed by atoms with Gasteiger partial charge in [-0.25, -0.2) is 9.78 Å². The molecule has 1 aliphatic heterocycles. The summed E-state index contributed by atoms with van der Waals surface area (Å²) in [6, 6.07) is -14.8. The number of aromatic nitrogens is 3. The zero-order valence-electron chi connectivity index (χ0n) is 78.7. The van der Waals surface area contributed by atoms with Gasteiger partial charge >= 0.3 is 5.97 Å². The van der Waals surface area contributed by atoms with E-state index < -0.39 is 235 Å². The molecule has 4 rings (SSSR count). The van der Waals surface area contributed by atoms with Gasteiger partial charge < -0.3 is 122 Å². The number of hydrogen-bond donors (Lipinski definition) is 24. The minimum absolute atomic E-state index is 0.00815. The van der Waals surface area contributed by atoms with Crippen molar-refractivity contribution >= 4 is 154 Å². The van der Waals surface area contributed by atoms with E-state index in [4.69, 9.17) is 17.2 Å². The van der Waals surface area contributed by atoms with Crippen molar-refractivity contribution < 1.29 is 96.5 Å². The number of benzene rings is 1. The number of fused-ring (bicyclic) bond motifs is 1. The number of aliphatic carboxylic acids is 1. The molecule has 744 valence electrons. The van der Waals surface area contributed by atoms with Gasteiger partial charge in [-0.15, -0.1) is 0 Å². The summed E-state index contributed by atoms with van der Waals surface area (Å²) in [5.41, 5.74) is 18.9. The number of carboxylic acid groups (broad SMARTS) is 1. The Kier molecular flexibility index (Phi) is 50.4. The number of imidazole rings is 1. The second kappa shape index (κ2) is 58.5. The molecular weight excluding hydrogens is 1780 g/mol. The van der Waals surface area contributed by atoms with Crippen LogP contribution in [0.4, 0.5) is 0 Å². The number of likely N-dealkylation sites (tertiary alicyclic amines) is 1. The number of H-pyrrole nitrogens is 2. The molecule has 0 spiro atoms. The van der Waals surface area contributed by atoms with Crippen LogP contribution in [0.25, 0.3) is 10.9 Å². The highest BCUT2D eigenvalue weighted by atomic mass is 32.2. The van der Waals surface area contributed by atoms with Crippen LogP contribution in [-0.4, -0.2) is 283 Å². The van der Waals surface area contributed by atoms with Gasteiger partial charge in [-0.2, -0.15) is 37.0 Å². The predicted molar refractivity (Wildman–Crippen MR) is 506 cm³/mol. The van der Waals surface area contributed by atoms with Crippen LogP contribution in [0.2, 0.25) is 0 Å². The van der Waals surface area contributed by atoms with Crippen molar-refractivity contribution in [3.05, 3.63) is 54.2 Å². The summed E-state index contributed by atoms with van der Waals surface area (Å²) in [7, 11) is 0. The number of nitrogens with zero attached hydrogens (tertiary/aromatic N) is 2. The maximum atomic E-state index is 15.0. The average Bonchev–Trinajstić information content (AvgIpc) is 1.70. The number of aliphatic hydroxyl groups excluding tert-OH is 1. The van der Waals surface area contributed by atoms with Crippen molar-refractivity contribution in [3.8, 4) is 0 Å². The van der Waals surface area contributed by atoms with Crippen LogP contribution in [0.1, 0.15) is 191 Å². The highest BCUT2D eigenvalue weighted by Crippen LogP contribution is 2.24. The summed E-state index contributed by atoms with van der Waals surface area (Å²) in [6.07, 6.45) is 6.77. The largest absolute Gasteiger partial charge is 0.480 e. The molecule has 25 N–H and O–H groups in total. The second-order valence-electron chi connectivity index (χ2n) is 35.9. The van der Waals surface area contributed by atoms with Crippen molar-refractivity contribution in [2.24, 2.45) is 52.7 Å². The standard InChI is InChI=1S/C88H144N22O20S3/c1-15-50(12)72(109-81(122)62(34-48(8)9)101-84(125)68(43-132)108-79(120)60(32-46(4)5)100-76(117)57(23-18-19-28-89)97-71(113)40-94-75(116)59(31-45(2)3)99-73(114)51(13)96-83(124)67(42-131)107-74(115)55(90)27-30-133-14)86(127)103-61(33-47(6)7)78(119)98-58(25-26-70(91)112)77(118)106-66(41-111)82(123)102-63(36-52-38-93-56-22-17-16-21-54(52)56)80(121)104-64(37-53-39-92-44-95-53)87(128)110-29-20-24-69(110)85(126)105-65(88(129)130)35-49(10)11/h16-17,21-22,38-39,44-51,55,57-69,72,93,111,131-132H,15,18-20,23-37,40-43,89-90H2,1-14H3,(H2,91,112)(H,92,95)(H,94,116)(H,96,124)(H,97,113)(H,98,119)(H,99,114)(H,100,117)(H,101,125)(H,102,123)(H,103,127)(H,104,121)(H,105,126)(H,106,118)(H,107,115)(H,108,120)(H,109,122)(H,129,130)/t50-,51-,55-,57-,58-,59-,60-,61-,62-,63-,64-,65-,66-,67-,68-,69-,72-/m0/s1. The van der Waals surface area contributed by atoms with E-state index in [0.717, 1.165) is 0 Å². The molecule has 0 bridgehead atoms. The summed E-state index contributed by atoms with van der Waals surface area (Å²) < 4.78 is 0. The fraction of sp³-hybridized carbons (Fsp3) is 0.670. The lowest BCUT2D eigenvalue weighted by molar-refractivity contribution is -0.145. The Labute approximate surface area is 792 Å². The van der Waals surface area contributed by atoms with Crippen molar-refractivity contribution in [2.75, 3.05) is 49.8 Å². The van der Waals surface area contributed by atoms with Gasteiger partial charge in [0, 0.05) is 66.3 Å². The third-order valence-corrected chi connectivity index (χ3v) is 23.5. The number of rotatable bonds is 61. The van der Waals surface area contributed by atoms with E-state index >= 15 is 0 Å². The van der Waals surface area contributed by atoms with Crippen molar-refractivity contribution in [2.45, 2.75) is 289 Å². The van der Waals surface area contributed by atoms with Gasteiger partial charge in [-0.05, 0) is 150 Å². The van der Waals surface area contributed by atoms with E-state index in [1.54, 1.807) is 114 Å². The Balaban J connectivity index is 1.53. The van der Waals surface area contributed by atoms with E-state index in [-0.39, 0.29) is 118 Å². The number of aliphatic hydroxyl groups is 1. The Morgan fingerprint density at radius 2 is 0.985 bits per heavy atom. The number of unbranched alkanes of at least 4 members (excludes halogenated alkanes) is 1. The molecule has 1 aromatic carbocycles. The molecule has 3 heterocycles. The first kappa shape index (κ1) is 115. The molecule has 1 saturated heterocycles. The van der Waals surface area contributed by atoms with E-state index in [1.165, 1.54) is 36.1 Å². The number of nitrogens with two attached hydrogens (primary N) is 3. The van der Waals surface area contributed by atoms with E-state index in [9.17, 15) is 96.5 Å². The molecule has 42 nitrogen and oxygen atoms in total. The number of carboxylic acids is 1. The molecule has 0 radical (unpaired) electrons. The van der Waals surface area contributed by atoms with Crippen LogP contribution in [-0.2, 0) is 99.1 Å². The zero-order valence-corrected chi connectivity index (χ0v) is 81.3. The highest BCUT2D eigenvalue weighted by Gasteiger charge is 2.43. The van der Waals surface area contributed by atoms with Gasteiger partial charge in [0.2, 0.25) is 100 Å². The van der Waals surface area contributed by atoms with E-state index in [1.807, 2.05) is 6.26 Å². The molecule has 0 aliphatic carbocycles. The van der Waals surface area contributed by atoms with Crippen molar-refractivity contribution in [1.82, 2.24) is 99.6 Å². The molecule has 1 aliphatic rings. The van der Waals surface area contributed by atoms with Gasteiger partial charge in [0.1, 0.15) is 90.6 Å². The monoisotopic (exact) mass is 1930 g/mol. The molecule has 1 fully saturated rings. The number of thiol groups is 2. The molecule has 0 saturated carbocycles. The smallest absolute Gasteiger partial charge is 0.326 e. The first-order valence-corrected chi connectivity index (χ1v) is 48.1. The van der Waals surface area contributed by atoms with Gasteiger partial charge in [0.25, 0.3) is 0 Å². The number of primary amides is 1. The number of nitrogens with one attached hydrogen (secondary N) is 17. The fourth-order valence-corrected chi connectivity index (χ4v) is 15.7. The first-order valence-electron chi connectivity index (χ1n) is 45.4. The summed E-state index contributed by atoms with van der Waals surface area (Å²) in [5, 5.41) is 60.7. The maximum absolute atomic E-state index is 15.0. The third-order valence-electron chi connectivity index (χ3n) is 22.1. The van der Waals surface area contributed by atoms with E-state index in [2.05, 4.69) is 120 Å². The SMILES string of the molecule is CC[C@H](C)[C@H](NC(=O)[C@H](CC(C)C)NC(=O)[C@H](CS)NC(=O)[C@H](CC(C)C)NC(=O)[C@H](CCCCN)NC(=O)CNC(=O)[C@H](CC(C)C)NC(=O)[C@H](C)NC(=O)[C@H](CS)NC(=O)[C@@H](N)CCSC)C(=O)N[C@@H](CC(C)C)C(=O)N[C@@H](CCC(N)=O)C(=O)N[C@@H](CO)C(=O)N[C@@H](Cc1c[nH]c2ccccc12)C(=O)N[C@@H](Cc1cnc[nH]1)C(=O)N1CCC[C@H]1C(=O)N[C@@H](CC(C)C)C(=O)O. The quantitative estimate of drug-likeness (QED) is 0.0221. The number of carbonyl (C=O) groups excluding carboxylic acids is 17. The summed E-state index contributed by atoms with van der Waals surface area (Å²) in [4.78, 5) is 263. The van der Waals surface area contributed by atoms with Crippen LogP contribution < -0.4 is 97.0 Å². The zero-order chi connectivity index (χ0) is 99.6. The highest BCUT2D eigenvalue weighted by molar-refractivity contribution is 7.98. The molecule has 17 amide bonds. The first-order chi connectivity index (χ1) is 62.8. The van der Waals surface area contributed by atoms with Gasteiger partial charge in [-0.3, -0.25) is 81.5 Å². The fourth-order valence-electron chi connectivity index (χ4n) is 14.7. The summed E-state index contributed by atoms with van der Waals surface area (Å²) >= 11 is 10.1. The minimum atomic E-state index is -1.89.